The van der Waals surface area contributed by atoms with Crippen molar-refractivity contribution in [3.05, 3.63) is 22.3 Å². The van der Waals surface area contributed by atoms with Crippen LogP contribution in [-0.4, -0.2) is 10.9 Å². The van der Waals surface area contributed by atoms with E-state index in [0.717, 1.165) is 16.6 Å². The Labute approximate surface area is 124 Å². The zero-order valence-corrected chi connectivity index (χ0v) is 14.0. The third-order valence-corrected chi connectivity index (χ3v) is 3.62. The highest BCUT2D eigenvalue weighted by Crippen LogP contribution is 2.26. The van der Waals surface area contributed by atoms with Crippen molar-refractivity contribution in [1.29, 1.82) is 0 Å². The number of carbonyl (C=O) groups excluding carboxylic acids is 1. The third-order valence-electron chi connectivity index (χ3n) is 2.78. The molecule has 1 rings (SSSR count). The number of amides is 1. The molecular weight excluding hydrogens is 304 g/mol. The van der Waals surface area contributed by atoms with Gasteiger partial charge >= 0.3 is 0 Å². The molecule has 1 atom stereocenters. The molecule has 0 bridgehead atoms. The maximum absolute atomic E-state index is 11.9. The van der Waals surface area contributed by atoms with Crippen molar-refractivity contribution in [2.75, 3.05) is 5.32 Å². The van der Waals surface area contributed by atoms with Crippen molar-refractivity contribution in [3.8, 4) is 0 Å². The minimum Gasteiger partial charge on any atom is -0.311 e. The molecule has 19 heavy (non-hydrogen) atoms. The van der Waals surface area contributed by atoms with Gasteiger partial charge < -0.3 is 5.32 Å². The molecule has 106 valence electrons. The summed E-state index contributed by atoms with van der Waals surface area (Å²) in [6.45, 7) is 10.6. The fourth-order valence-electron chi connectivity index (χ4n) is 2.24. The molecule has 1 N–H and O–H groups in total. The van der Waals surface area contributed by atoms with Gasteiger partial charge in [-0.25, -0.2) is 4.98 Å². The molecule has 1 amide bonds. The summed E-state index contributed by atoms with van der Waals surface area (Å²) in [6, 6.07) is 3.71. The number of halogens is 1. The standard InChI is InChI=1S/C15H23BrN2O/c1-10(9-15(3,4)5)8-14(19)18-13-7-6-12(16)11(2)17-13/h6-7,10H,8-9H2,1-5H3,(H,17,18,19). The summed E-state index contributed by atoms with van der Waals surface area (Å²) in [5, 5.41) is 2.86. The lowest BCUT2D eigenvalue weighted by atomic mass is 9.84. The first-order chi connectivity index (χ1) is 8.67. The molecule has 0 spiro atoms. The molecule has 1 aromatic rings. The maximum atomic E-state index is 11.9. The van der Waals surface area contributed by atoms with Crippen LogP contribution in [0.1, 0.15) is 46.2 Å². The summed E-state index contributed by atoms with van der Waals surface area (Å²) in [4.78, 5) is 16.3. The Bertz CT molecular complexity index is 452. The molecule has 0 radical (unpaired) electrons. The van der Waals surface area contributed by atoms with Gasteiger partial charge in [0.2, 0.25) is 5.91 Å². The van der Waals surface area contributed by atoms with Gasteiger partial charge in [0.25, 0.3) is 0 Å². The van der Waals surface area contributed by atoms with Crippen LogP contribution in [0.15, 0.2) is 16.6 Å². The molecule has 1 aromatic heterocycles. The normalized spacial score (nSPS) is 13.2. The van der Waals surface area contributed by atoms with Crippen LogP contribution in [0.3, 0.4) is 0 Å². The van der Waals surface area contributed by atoms with Gasteiger partial charge in [0.15, 0.2) is 0 Å². The van der Waals surface area contributed by atoms with Gasteiger partial charge in [-0.1, -0.05) is 27.7 Å². The van der Waals surface area contributed by atoms with Gasteiger partial charge in [0, 0.05) is 10.9 Å². The van der Waals surface area contributed by atoms with Crippen LogP contribution in [0, 0.1) is 18.3 Å². The number of pyridine rings is 1. The van der Waals surface area contributed by atoms with E-state index in [1.807, 2.05) is 19.1 Å². The molecular formula is C15H23BrN2O. The fraction of sp³-hybridized carbons (Fsp3) is 0.600. The van der Waals surface area contributed by atoms with Crippen molar-refractivity contribution >= 4 is 27.7 Å². The van der Waals surface area contributed by atoms with Gasteiger partial charge in [-0.15, -0.1) is 0 Å². The van der Waals surface area contributed by atoms with Crippen LogP contribution >= 0.6 is 15.9 Å². The zero-order valence-electron chi connectivity index (χ0n) is 12.4. The molecule has 0 aliphatic heterocycles. The van der Waals surface area contributed by atoms with E-state index in [2.05, 4.69) is 53.9 Å². The van der Waals surface area contributed by atoms with Crippen molar-refractivity contribution in [3.63, 3.8) is 0 Å². The molecule has 0 aromatic carbocycles. The first-order valence-electron chi connectivity index (χ1n) is 6.60. The molecule has 3 nitrogen and oxygen atoms in total. The molecule has 4 heteroatoms. The van der Waals surface area contributed by atoms with E-state index >= 15 is 0 Å². The number of aromatic nitrogens is 1. The predicted molar refractivity (Wildman–Crippen MR) is 83.2 cm³/mol. The van der Waals surface area contributed by atoms with Gasteiger partial charge in [-0.3, -0.25) is 4.79 Å². The lowest BCUT2D eigenvalue weighted by Crippen LogP contribution is -2.19. The SMILES string of the molecule is Cc1nc(NC(=O)CC(C)CC(C)(C)C)ccc1Br. The molecule has 0 aliphatic carbocycles. The van der Waals surface area contributed by atoms with E-state index in [1.54, 1.807) is 0 Å². The van der Waals surface area contributed by atoms with Crippen LogP contribution < -0.4 is 5.32 Å². The second-order valence-electron chi connectivity index (χ2n) is 6.39. The highest BCUT2D eigenvalue weighted by atomic mass is 79.9. The maximum Gasteiger partial charge on any atom is 0.225 e. The summed E-state index contributed by atoms with van der Waals surface area (Å²) >= 11 is 3.39. The quantitative estimate of drug-likeness (QED) is 0.881. The van der Waals surface area contributed by atoms with Crippen LogP contribution in [0.5, 0.6) is 0 Å². The minimum absolute atomic E-state index is 0.0333. The molecule has 0 saturated heterocycles. The van der Waals surface area contributed by atoms with E-state index in [0.29, 0.717) is 18.2 Å². The Morgan fingerprint density at radius 1 is 1.42 bits per heavy atom. The molecule has 1 heterocycles. The number of hydrogen-bond acceptors (Lipinski definition) is 2. The zero-order chi connectivity index (χ0) is 14.6. The second kappa shape index (κ2) is 6.51. The van der Waals surface area contributed by atoms with Crippen molar-refractivity contribution in [2.24, 2.45) is 11.3 Å². The molecule has 1 unspecified atom stereocenters. The van der Waals surface area contributed by atoms with Crippen molar-refractivity contribution < 1.29 is 4.79 Å². The van der Waals surface area contributed by atoms with Gasteiger partial charge in [-0.2, -0.15) is 0 Å². The minimum atomic E-state index is 0.0333. The van der Waals surface area contributed by atoms with E-state index in [4.69, 9.17) is 0 Å². The van der Waals surface area contributed by atoms with Crippen molar-refractivity contribution in [2.45, 2.75) is 47.5 Å². The number of hydrogen-bond donors (Lipinski definition) is 1. The Morgan fingerprint density at radius 3 is 2.58 bits per heavy atom. The Kier molecular flexibility index (Phi) is 5.53. The highest BCUT2D eigenvalue weighted by molar-refractivity contribution is 9.10. The van der Waals surface area contributed by atoms with E-state index in [-0.39, 0.29) is 11.3 Å². The largest absolute Gasteiger partial charge is 0.311 e. The van der Waals surface area contributed by atoms with E-state index in [1.165, 1.54) is 0 Å². The van der Waals surface area contributed by atoms with Gasteiger partial charge in [0.1, 0.15) is 5.82 Å². The summed E-state index contributed by atoms with van der Waals surface area (Å²) in [7, 11) is 0. The van der Waals surface area contributed by atoms with Crippen molar-refractivity contribution in [1.82, 2.24) is 4.98 Å². The van der Waals surface area contributed by atoms with E-state index in [9.17, 15) is 4.79 Å². The first kappa shape index (κ1) is 16.2. The summed E-state index contributed by atoms with van der Waals surface area (Å²) in [5.74, 6) is 1.02. The predicted octanol–water partition coefficient (Wildman–Crippen LogP) is 4.55. The first-order valence-corrected chi connectivity index (χ1v) is 7.39. The molecule has 0 saturated carbocycles. The highest BCUT2D eigenvalue weighted by Gasteiger charge is 2.18. The van der Waals surface area contributed by atoms with Gasteiger partial charge in [-0.05, 0) is 52.7 Å². The average molecular weight is 327 g/mol. The average Bonchev–Trinajstić information content (AvgIpc) is 2.20. The Morgan fingerprint density at radius 2 is 2.05 bits per heavy atom. The van der Waals surface area contributed by atoms with Gasteiger partial charge in [0.05, 0.1) is 5.69 Å². The second-order valence-corrected chi connectivity index (χ2v) is 7.24. The number of nitrogens with one attached hydrogen (secondary N) is 1. The summed E-state index contributed by atoms with van der Waals surface area (Å²) in [6.07, 6.45) is 1.57. The molecule has 0 aliphatic rings. The lowest BCUT2D eigenvalue weighted by Gasteiger charge is -2.22. The Hall–Kier alpha value is -0.900. The van der Waals surface area contributed by atoms with Crippen LogP contribution in [0.2, 0.25) is 0 Å². The summed E-state index contributed by atoms with van der Waals surface area (Å²) < 4.78 is 0.951. The number of aryl methyl sites for hydroxylation is 1. The van der Waals surface area contributed by atoms with Crippen LogP contribution in [0.4, 0.5) is 5.82 Å². The number of carbonyl (C=O) groups is 1. The van der Waals surface area contributed by atoms with E-state index < -0.39 is 0 Å². The lowest BCUT2D eigenvalue weighted by molar-refractivity contribution is -0.117. The molecule has 0 fully saturated rings. The van der Waals surface area contributed by atoms with Crippen LogP contribution in [0.25, 0.3) is 0 Å². The number of rotatable bonds is 4. The fourth-order valence-corrected chi connectivity index (χ4v) is 2.46. The summed E-state index contributed by atoms with van der Waals surface area (Å²) in [5.41, 5.74) is 1.13. The monoisotopic (exact) mass is 326 g/mol. The number of anilines is 1. The number of nitrogens with zero attached hydrogens (tertiary/aromatic N) is 1. The Balaban J connectivity index is 2.53. The smallest absolute Gasteiger partial charge is 0.225 e. The topological polar surface area (TPSA) is 42.0 Å². The van der Waals surface area contributed by atoms with Crippen LogP contribution in [-0.2, 0) is 4.79 Å². The third kappa shape index (κ3) is 6.19.